The van der Waals surface area contributed by atoms with E-state index in [4.69, 9.17) is 14.2 Å². The van der Waals surface area contributed by atoms with Crippen LogP contribution in [0.4, 0.5) is 0 Å². The molecule has 4 aliphatic rings. The van der Waals surface area contributed by atoms with Crippen molar-refractivity contribution in [3.63, 3.8) is 0 Å². The maximum Gasteiger partial charge on any atom is 0.303 e. The van der Waals surface area contributed by atoms with Crippen molar-refractivity contribution < 1.29 is 23.8 Å². The number of benzene rings is 3. The Hall–Kier alpha value is -4.10. The fourth-order valence-electron chi connectivity index (χ4n) is 9.41. The molecule has 0 radical (unpaired) electrons. The van der Waals surface area contributed by atoms with Crippen molar-refractivity contribution in [2.24, 2.45) is 11.8 Å². The molecule has 7 rings (SSSR count). The maximum atomic E-state index is 14.2. The van der Waals surface area contributed by atoms with E-state index < -0.39 is 0 Å². The molecule has 2 aliphatic heterocycles. The smallest absolute Gasteiger partial charge is 0.303 e. The van der Waals surface area contributed by atoms with Crippen LogP contribution in [0, 0.1) is 18.8 Å². The number of aryl methyl sites for hydroxylation is 1. The van der Waals surface area contributed by atoms with E-state index in [0.29, 0.717) is 24.9 Å². The van der Waals surface area contributed by atoms with Crippen molar-refractivity contribution >= 4 is 18.0 Å². The summed E-state index contributed by atoms with van der Waals surface area (Å²) >= 11 is 0. The summed E-state index contributed by atoms with van der Waals surface area (Å²) in [6, 6.07) is 22.8. The monoisotopic (exact) mass is 648 g/mol. The first kappa shape index (κ1) is 32.4. The number of carbonyl (C=O) groups excluding carboxylic acids is 2. The van der Waals surface area contributed by atoms with Crippen molar-refractivity contribution in [1.82, 2.24) is 9.80 Å². The third-order valence-electron chi connectivity index (χ3n) is 11.2. The van der Waals surface area contributed by atoms with Gasteiger partial charge in [-0.1, -0.05) is 80.1 Å². The van der Waals surface area contributed by atoms with Crippen LogP contribution in [0.25, 0.3) is 6.08 Å². The largest absolute Gasteiger partial charge is 0.493 e. The Morgan fingerprint density at radius 1 is 1.08 bits per heavy atom. The average molecular weight is 649 g/mol. The summed E-state index contributed by atoms with van der Waals surface area (Å²) in [5.74, 6) is 2.07. The van der Waals surface area contributed by atoms with Crippen LogP contribution < -0.4 is 9.47 Å². The molecule has 3 aromatic rings. The number of ether oxygens (including phenoxy) is 3. The van der Waals surface area contributed by atoms with Crippen LogP contribution in [0.3, 0.4) is 0 Å². The number of nitrogens with zero attached hydrogens (tertiary/aromatic N) is 2. The average Bonchev–Trinajstić information content (AvgIpc) is 3.42. The van der Waals surface area contributed by atoms with E-state index in [0.717, 1.165) is 54.9 Å². The molecule has 1 saturated heterocycles. The van der Waals surface area contributed by atoms with Crippen molar-refractivity contribution in [3.8, 4) is 11.5 Å². The number of hydrogen-bond donors (Lipinski definition) is 0. The zero-order chi connectivity index (χ0) is 33.6. The number of amides is 1. The summed E-state index contributed by atoms with van der Waals surface area (Å²) in [6.07, 6.45) is 6.88. The van der Waals surface area contributed by atoms with Crippen LogP contribution in [0.2, 0.25) is 0 Å². The summed E-state index contributed by atoms with van der Waals surface area (Å²) in [5.41, 5.74) is 5.61. The minimum absolute atomic E-state index is 0.0358. The number of esters is 1. The first-order chi connectivity index (χ1) is 23.2. The van der Waals surface area contributed by atoms with Gasteiger partial charge in [-0.15, -0.1) is 0 Å². The summed E-state index contributed by atoms with van der Waals surface area (Å²) in [5, 5.41) is 0. The van der Waals surface area contributed by atoms with Crippen LogP contribution in [-0.2, 0) is 26.2 Å². The Kier molecular flexibility index (Phi) is 8.84. The Balaban J connectivity index is 1.24. The highest BCUT2D eigenvalue weighted by Gasteiger charge is 2.66. The summed E-state index contributed by atoms with van der Waals surface area (Å²) < 4.78 is 19.0. The SMILES string of the molecule is COc1ccc2c3c1O[C@H]1[C@H](N(CC(C)C)C(=O)C=Cc4cccc(C)c4)CC[C@H]4[C@@H](C2)N(CC(OC(C)=O)c2ccccc2)CC[C@@]341. The van der Waals surface area contributed by atoms with Gasteiger partial charge in [-0.2, -0.15) is 0 Å². The first-order valence-electron chi connectivity index (χ1n) is 17.6. The molecule has 2 heterocycles. The molecule has 0 N–H and O–H groups in total. The van der Waals surface area contributed by atoms with Gasteiger partial charge in [-0.05, 0) is 79.8 Å². The number of methoxy groups -OCH3 is 1. The normalized spacial score (nSPS) is 26.1. The molecule has 252 valence electrons. The predicted octanol–water partition coefficient (Wildman–Crippen LogP) is 6.91. The lowest BCUT2D eigenvalue weighted by atomic mass is 9.51. The molecule has 1 saturated carbocycles. The van der Waals surface area contributed by atoms with Gasteiger partial charge in [0.2, 0.25) is 5.91 Å². The highest BCUT2D eigenvalue weighted by molar-refractivity contribution is 5.92. The number of hydrogen-bond acceptors (Lipinski definition) is 6. The lowest BCUT2D eigenvalue weighted by Crippen LogP contribution is -2.69. The van der Waals surface area contributed by atoms with E-state index in [2.05, 4.69) is 48.8 Å². The van der Waals surface area contributed by atoms with Gasteiger partial charge in [0.1, 0.15) is 12.2 Å². The molecular weight excluding hydrogens is 600 g/mol. The van der Waals surface area contributed by atoms with E-state index in [1.165, 1.54) is 23.6 Å². The van der Waals surface area contributed by atoms with Crippen LogP contribution >= 0.6 is 0 Å². The fraction of sp³-hybridized carbons (Fsp3) is 0.463. The lowest BCUT2D eigenvalue weighted by molar-refractivity contribution is -0.151. The number of piperidine rings is 1. The van der Waals surface area contributed by atoms with Crippen molar-refractivity contribution in [2.45, 2.75) is 83.1 Å². The number of carbonyl (C=O) groups is 2. The fourth-order valence-corrected chi connectivity index (χ4v) is 9.41. The standard InChI is InChI=1S/C41H48N2O5/c1-26(2)24-43(37(45)19-14-29-11-9-10-27(3)22-29)33-17-16-32-34-23-31-15-18-35(46-5)39-38(31)41(32,40(33)48-39)20-21-42(34)25-36(47-28(4)44)30-12-7-6-8-13-30/h6-15,18-19,22,26,32-34,36,40H,16-17,20-21,23-25H2,1-5H3/t32-,33+,34+,36?,40-,41-/m0/s1. The zero-order valence-electron chi connectivity index (χ0n) is 28.9. The molecule has 7 heteroatoms. The molecule has 1 unspecified atom stereocenters. The first-order valence-corrected chi connectivity index (χ1v) is 17.6. The van der Waals surface area contributed by atoms with E-state index in [1.54, 1.807) is 13.2 Å². The summed E-state index contributed by atoms with van der Waals surface area (Å²) in [7, 11) is 1.72. The highest BCUT2D eigenvalue weighted by atomic mass is 16.5. The molecule has 7 nitrogen and oxygen atoms in total. The van der Waals surface area contributed by atoms with Gasteiger partial charge in [0, 0.05) is 43.1 Å². The van der Waals surface area contributed by atoms with Gasteiger partial charge in [-0.25, -0.2) is 0 Å². The van der Waals surface area contributed by atoms with E-state index in [-0.39, 0.29) is 41.6 Å². The third kappa shape index (κ3) is 5.70. The van der Waals surface area contributed by atoms with Crippen LogP contribution in [0.15, 0.2) is 72.8 Å². The van der Waals surface area contributed by atoms with Crippen molar-refractivity contribution in [3.05, 3.63) is 101 Å². The minimum atomic E-state index is -0.336. The second kappa shape index (κ2) is 13.1. The molecule has 3 aromatic carbocycles. The quantitative estimate of drug-likeness (QED) is 0.176. The minimum Gasteiger partial charge on any atom is -0.493 e. The molecule has 48 heavy (non-hydrogen) atoms. The number of rotatable bonds is 10. The van der Waals surface area contributed by atoms with Gasteiger partial charge in [0.15, 0.2) is 11.5 Å². The van der Waals surface area contributed by atoms with Crippen molar-refractivity contribution in [1.29, 1.82) is 0 Å². The van der Waals surface area contributed by atoms with E-state index in [1.807, 2.05) is 54.6 Å². The molecule has 1 spiro atoms. The van der Waals surface area contributed by atoms with Gasteiger partial charge in [0.25, 0.3) is 0 Å². The Labute approximate surface area is 284 Å². The van der Waals surface area contributed by atoms with Gasteiger partial charge >= 0.3 is 5.97 Å². The second-order valence-electron chi connectivity index (χ2n) is 14.6. The Bertz CT molecular complexity index is 1700. The molecule has 0 aromatic heterocycles. The maximum absolute atomic E-state index is 14.2. The molecule has 2 aliphatic carbocycles. The van der Waals surface area contributed by atoms with E-state index >= 15 is 0 Å². The Morgan fingerprint density at radius 3 is 2.62 bits per heavy atom. The molecule has 1 amide bonds. The number of likely N-dealkylation sites (tertiary alicyclic amines) is 1. The molecule has 6 atom stereocenters. The summed E-state index contributed by atoms with van der Waals surface area (Å²) in [6.45, 7) is 10.1. The highest BCUT2D eigenvalue weighted by Crippen LogP contribution is 2.64. The van der Waals surface area contributed by atoms with Crippen LogP contribution in [0.1, 0.15) is 74.0 Å². The lowest BCUT2D eigenvalue weighted by Gasteiger charge is -2.60. The zero-order valence-corrected chi connectivity index (χ0v) is 28.9. The molecular formula is C41H48N2O5. The predicted molar refractivity (Wildman–Crippen MR) is 187 cm³/mol. The molecule has 2 fully saturated rings. The third-order valence-corrected chi connectivity index (χ3v) is 11.2. The second-order valence-corrected chi connectivity index (χ2v) is 14.6. The van der Waals surface area contributed by atoms with Gasteiger partial charge in [-0.3, -0.25) is 14.5 Å². The van der Waals surface area contributed by atoms with E-state index in [9.17, 15) is 9.59 Å². The Morgan fingerprint density at radius 2 is 1.90 bits per heavy atom. The molecule has 2 bridgehead atoms. The van der Waals surface area contributed by atoms with Crippen molar-refractivity contribution in [2.75, 3.05) is 26.7 Å². The summed E-state index contributed by atoms with van der Waals surface area (Å²) in [4.78, 5) is 31.1. The van der Waals surface area contributed by atoms with Gasteiger partial charge < -0.3 is 19.1 Å². The van der Waals surface area contributed by atoms with Crippen LogP contribution in [0.5, 0.6) is 11.5 Å². The topological polar surface area (TPSA) is 68.3 Å². The van der Waals surface area contributed by atoms with Crippen LogP contribution in [-0.4, -0.2) is 66.6 Å². The van der Waals surface area contributed by atoms with Gasteiger partial charge in [0.05, 0.1) is 13.2 Å².